The number of carboxylic acids is 1. The molecule has 1 atom stereocenters. The van der Waals surface area contributed by atoms with Crippen LogP contribution in [0.2, 0.25) is 0 Å². The number of carbonyl (C=O) groups excluding carboxylic acids is 1. The number of amides is 1. The van der Waals surface area contributed by atoms with Crippen LogP contribution in [0.25, 0.3) is 0 Å². The van der Waals surface area contributed by atoms with E-state index in [-0.39, 0.29) is 28.8 Å². The molecule has 1 aliphatic rings. The lowest BCUT2D eigenvalue weighted by Gasteiger charge is -2.10. The second-order valence-electron chi connectivity index (χ2n) is 4.55. The van der Waals surface area contributed by atoms with Crippen molar-refractivity contribution in [2.45, 2.75) is 19.3 Å². The molecule has 0 aliphatic heterocycles. The normalized spacial score (nSPS) is 17.4. The number of carboxylic acid groups (broad SMARTS) is 1. The molecule has 1 aromatic rings. The number of hydrogen-bond acceptors (Lipinski definition) is 3. The van der Waals surface area contributed by atoms with Gasteiger partial charge >= 0.3 is 5.97 Å². The number of phenolic OH excluding ortho intramolecular Hbond substituents is 1. The van der Waals surface area contributed by atoms with Crippen LogP contribution in [0.5, 0.6) is 5.75 Å². The second kappa shape index (κ2) is 5.56. The van der Waals surface area contributed by atoms with E-state index in [1.165, 1.54) is 12.1 Å². The van der Waals surface area contributed by atoms with Gasteiger partial charge in [0.05, 0.1) is 11.3 Å². The van der Waals surface area contributed by atoms with Gasteiger partial charge in [-0.2, -0.15) is 0 Å². The lowest BCUT2D eigenvalue weighted by atomic mass is 10.0. The molecule has 3 N–H and O–H groups in total. The van der Waals surface area contributed by atoms with Crippen molar-refractivity contribution in [2.24, 2.45) is 5.92 Å². The van der Waals surface area contributed by atoms with E-state index in [1.54, 1.807) is 0 Å². The Morgan fingerprint density at radius 2 is 2.16 bits per heavy atom. The average Bonchev–Trinajstić information content (AvgIpc) is 2.84. The fourth-order valence-corrected chi connectivity index (χ4v) is 2.08. The van der Waals surface area contributed by atoms with Crippen LogP contribution in [0.4, 0.5) is 5.69 Å². The van der Waals surface area contributed by atoms with Crippen molar-refractivity contribution in [1.29, 1.82) is 0 Å². The van der Waals surface area contributed by atoms with Crippen LogP contribution < -0.4 is 5.32 Å². The van der Waals surface area contributed by atoms with Gasteiger partial charge in [-0.25, -0.2) is 4.79 Å². The lowest BCUT2D eigenvalue weighted by Crippen LogP contribution is -2.15. The third-order valence-electron chi connectivity index (χ3n) is 3.08. The Hall–Kier alpha value is -2.30. The number of aromatic hydroxyl groups is 1. The standard InChI is InChI=1S/C14H15NO4/c16-12-8-10(14(18)19)5-6-11(12)15-13(17)7-9-3-1-2-4-9/h1,3,5-6,8-9,16H,2,4,7H2,(H,15,17)(H,18,19). The zero-order valence-electron chi connectivity index (χ0n) is 10.3. The molecule has 1 aliphatic carbocycles. The Morgan fingerprint density at radius 1 is 1.37 bits per heavy atom. The zero-order valence-corrected chi connectivity index (χ0v) is 10.3. The molecule has 1 amide bonds. The highest BCUT2D eigenvalue weighted by Crippen LogP contribution is 2.26. The van der Waals surface area contributed by atoms with E-state index in [0.717, 1.165) is 18.9 Å². The highest BCUT2D eigenvalue weighted by atomic mass is 16.4. The summed E-state index contributed by atoms with van der Waals surface area (Å²) in [6, 6.07) is 3.85. The Kier molecular flexibility index (Phi) is 3.85. The van der Waals surface area contributed by atoms with E-state index >= 15 is 0 Å². The number of rotatable bonds is 4. The maximum absolute atomic E-state index is 11.8. The van der Waals surface area contributed by atoms with Crippen molar-refractivity contribution in [1.82, 2.24) is 0 Å². The first kappa shape index (κ1) is 13.1. The molecule has 2 rings (SSSR count). The summed E-state index contributed by atoms with van der Waals surface area (Å²) in [5.41, 5.74) is 0.214. The number of nitrogens with one attached hydrogen (secondary N) is 1. The molecular weight excluding hydrogens is 246 g/mol. The molecule has 0 spiro atoms. The summed E-state index contributed by atoms with van der Waals surface area (Å²) in [5, 5.41) is 21.0. The number of allylic oxidation sites excluding steroid dienone is 2. The van der Waals surface area contributed by atoms with Crippen LogP contribution in [-0.4, -0.2) is 22.1 Å². The third-order valence-corrected chi connectivity index (χ3v) is 3.08. The van der Waals surface area contributed by atoms with E-state index in [9.17, 15) is 14.7 Å². The van der Waals surface area contributed by atoms with Gasteiger partial charge in [0.15, 0.2) is 0 Å². The molecule has 0 radical (unpaired) electrons. The summed E-state index contributed by atoms with van der Waals surface area (Å²) < 4.78 is 0. The van der Waals surface area contributed by atoms with Gasteiger partial charge in [-0.05, 0) is 37.0 Å². The summed E-state index contributed by atoms with van der Waals surface area (Å²) in [6.45, 7) is 0. The number of aromatic carboxylic acids is 1. The number of carbonyl (C=O) groups is 2. The predicted molar refractivity (Wildman–Crippen MR) is 70.2 cm³/mol. The maximum Gasteiger partial charge on any atom is 0.335 e. The largest absolute Gasteiger partial charge is 0.506 e. The summed E-state index contributed by atoms with van der Waals surface area (Å²) >= 11 is 0. The van der Waals surface area contributed by atoms with E-state index in [1.807, 2.05) is 6.08 Å². The molecule has 0 saturated heterocycles. The minimum Gasteiger partial charge on any atom is -0.506 e. The Bertz CT molecular complexity index is 536. The first-order chi connectivity index (χ1) is 9.06. The van der Waals surface area contributed by atoms with Crippen LogP contribution in [0.3, 0.4) is 0 Å². The van der Waals surface area contributed by atoms with Gasteiger partial charge in [0.25, 0.3) is 0 Å². The molecule has 19 heavy (non-hydrogen) atoms. The Balaban J connectivity index is 2.00. The van der Waals surface area contributed by atoms with Crippen molar-refractivity contribution in [3.63, 3.8) is 0 Å². The van der Waals surface area contributed by atoms with Crippen molar-refractivity contribution < 1.29 is 19.8 Å². The second-order valence-corrected chi connectivity index (χ2v) is 4.55. The molecule has 5 heteroatoms. The van der Waals surface area contributed by atoms with Crippen LogP contribution in [0.15, 0.2) is 30.4 Å². The first-order valence-corrected chi connectivity index (χ1v) is 6.09. The highest BCUT2D eigenvalue weighted by Gasteiger charge is 2.15. The van der Waals surface area contributed by atoms with Crippen molar-refractivity contribution in [2.75, 3.05) is 5.32 Å². The van der Waals surface area contributed by atoms with E-state index in [4.69, 9.17) is 5.11 Å². The quantitative estimate of drug-likeness (QED) is 0.573. The topological polar surface area (TPSA) is 86.6 Å². The Labute approximate surface area is 110 Å². The number of benzene rings is 1. The van der Waals surface area contributed by atoms with Gasteiger partial charge in [-0.3, -0.25) is 4.79 Å². The fourth-order valence-electron chi connectivity index (χ4n) is 2.08. The van der Waals surface area contributed by atoms with Gasteiger partial charge in [0.1, 0.15) is 5.75 Å². The summed E-state index contributed by atoms with van der Waals surface area (Å²) in [6.07, 6.45) is 6.41. The first-order valence-electron chi connectivity index (χ1n) is 6.09. The molecule has 0 heterocycles. The molecule has 5 nitrogen and oxygen atoms in total. The smallest absolute Gasteiger partial charge is 0.335 e. The molecule has 1 unspecified atom stereocenters. The van der Waals surface area contributed by atoms with Crippen molar-refractivity contribution in [3.05, 3.63) is 35.9 Å². The third kappa shape index (κ3) is 3.34. The van der Waals surface area contributed by atoms with Crippen molar-refractivity contribution >= 4 is 17.6 Å². The highest BCUT2D eigenvalue weighted by molar-refractivity contribution is 5.94. The van der Waals surface area contributed by atoms with E-state index < -0.39 is 5.97 Å². The molecule has 0 saturated carbocycles. The average molecular weight is 261 g/mol. The van der Waals surface area contributed by atoms with Crippen LogP contribution >= 0.6 is 0 Å². The predicted octanol–water partition coefficient (Wildman–Crippen LogP) is 2.39. The summed E-state index contributed by atoms with van der Waals surface area (Å²) in [5.74, 6) is -1.30. The van der Waals surface area contributed by atoms with Gasteiger partial charge in [0, 0.05) is 6.42 Å². The monoisotopic (exact) mass is 261 g/mol. The SMILES string of the molecule is O=C(CC1C=CCC1)Nc1ccc(C(=O)O)cc1O. The van der Waals surface area contributed by atoms with Gasteiger partial charge < -0.3 is 15.5 Å². The zero-order chi connectivity index (χ0) is 13.8. The van der Waals surface area contributed by atoms with E-state index in [0.29, 0.717) is 6.42 Å². The number of phenols is 1. The summed E-state index contributed by atoms with van der Waals surface area (Å²) in [4.78, 5) is 22.5. The van der Waals surface area contributed by atoms with Gasteiger partial charge in [-0.1, -0.05) is 12.2 Å². The van der Waals surface area contributed by atoms with Crippen LogP contribution in [0, 0.1) is 5.92 Å². The molecule has 0 aromatic heterocycles. The minimum atomic E-state index is -1.12. The lowest BCUT2D eigenvalue weighted by molar-refractivity contribution is -0.116. The molecule has 0 bridgehead atoms. The Morgan fingerprint density at radius 3 is 2.74 bits per heavy atom. The van der Waals surface area contributed by atoms with E-state index in [2.05, 4.69) is 11.4 Å². The van der Waals surface area contributed by atoms with Crippen LogP contribution in [-0.2, 0) is 4.79 Å². The number of anilines is 1. The molecule has 1 aromatic carbocycles. The van der Waals surface area contributed by atoms with Gasteiger partial charge in [0.2, 0.25) is 5.91 Å². The molecule has 100 valence electrons. The number of hydrogen-bond donors (Lipinski definition) is 3. The molecular formula is C14H15NO4. The molecule has 0 fully saturated rings. The van der Waals surface area contributed by atoms with Gasteiger partial charge in [-0.15, -0.1) is 0 Å². The van der Waals surface area contributed by atoms with Crippen LogP contribution in [0.1, 0.15) is 29.6 Å². The van der Waals surface area contributed by atoms with Crippen molar-refractivity contribution in [3.8, 4) is 5.75 Å². The fraction of sp³-hybridized carbons (Fsp3) is 0.286. The minimum absolute atomic E-state index is 0.0192. The maximum atomic E-state index is 11.8. The summed E-state index contributed by atoms with van der Waals surface area (Å²) in [7, 11) is 0.